The molecule has 2 aromatic heterocycles. The number of aromatic nitrogens is 3. The highest BCUT2D eigenvalue weighted by molar-refractivity contribution is 7.99. The van der Waals surface area contributed by atoms with Gasteiger partial charge >= 0.3 is 6.36 Å². The zero-order valence-corrected chi connectivity index (χ0v) is 15.7. The lowest BCUT2D eigenvalue weighted by Crippen LogP contribution is -2.25. The van der Waals surface area contributed by atoms with E-state index in [1.54, 1.807) is 29.1 Å². The molecule has 0 aliphatic carbocycles. The van der Waals surface area contributed by atoms with Crippen LogP contribution in [-0.2, 0) is 6.54 Å². The number of halogens is 3. The van der Waals surface area contributed by atoms with Crippen molar-refractivity contribution in [2.45, 2.75) is 30.4 Å². The molecule has 4 rings (SSSR count). The van der Waals surface area contributed by atoms with E-state index in [9.17, 15) is 23.4 Å². The van der Waals surface area contributed by atoms with Crippen LogP contribution in [0.3, 0.4) is 0 Å². The van der Waals surface area contributed by atoms with Gasteiger partial charge in [0.2, 0.25) is 0 Å². The number of ether oxygens (including phenoxy) is 1. The van der Waals surface area contributed by atoms with Crippen molar-refractivity contribution in [1.29, 1.82) is 0 Å². The molecule has 11 heteroatoms. The molecule has 0 spiro atoms. The van der Waals surface area contributed by atoms with Crippen molar-refractivity contribution in [3.05, 3.63) is 54.1 Å². The van der Waals surface area contributed by atoms with Crippen LogP contribution in [0.2, 0.25) is 0 Å². The molecule has 1 saturated heterocycles. The summed E-state index contributed by atoms with van der Waals surface area (Å²) in [6.45, 7) is 0.212. The van der Waals surface area contributed by atoms with E-state index in [-0.39, 0.29) is 17.5 Å². The Morgan fingerprint density at radius 3 is 2.83 bits per heavy atom. The molecule has 0 radical (unpaired) electrons. The summed E-state index contributed by atoms with van der Waals surface area (Å²) >= 11 is 1.45. The van der Waals surface area contributed by atoms with E-state index in [0.717, 1.165) is 5.69 Å². The molecule has 7 nitrogen and oxygen atoms in total. The molecule has 1 fully saturated rings. The van der Waals surface area contributed by atoms with Crippen molar-refractivity contribution in [2.75, 3.05) is 11.1 Å². The first-order valence-corrected chi connectivity index (χ1v) is 9.75. The predicted octanol–water partition coefficient (Wildman–Crippen LogP) is 2.75. The third-order valence-corrected chi connectivity index (χ3v) is 5.90. The Bertz CT molecular complexity index is 1010. The summed E-state index contributed by atoms with van der Waals surface area (Å²) in [5, 5.41) is 22.7. The lowest BCUT2D eigenvalue weighted by atomic mass is 10.1. The van der Waals surface area contributed by atoms with E-state index < -0.39 is 18.6 Å². The predicted molar refractivity (Wildman–Crippen MR) is 101 cm³/mol. The topological polar surface area (TPSA) is 91.9 Å². The number of benzene rings is 1. The number of imidazole rings is 1. The second-order valence-electron chi connectivity index (χ2n) is 6.51. The van der Waals surface area contributed by atoms with E-state index in [4.69, 9.17) is 0 Å². The molecule has 3 atom stereocenters. The Morgan fingerprint density at radius 2 is 2.10 bits per heavy atom. The number of thioether (sulfide) groups is 1. The first-order valence-electron chi connectivity index (χ1n) is 8.70. The van der Waals surface area contributed by atoms with Crippen LogP contribution >= 0.6 is 11.8 Å². The monoisotopic (exact) mass is 426 g/mol. The van der Waals surface area contributed by atoms with Gasteiger partial charge in [0.1, 0.15) is 5.75 Å². The molecule has 0 amide bonds. The highest BCUT2D eigenvalue weighted by atomic mass is 32.2. The van der Waals surface area contributed by atoms with Crippen LogP contribution < -0.4 is 10.1 Å². The van der Waals surface area contributed by atoms with Crippen LogP contribution in [0.4, 0.5) is 19.0 Å². The number of aliphatic hydroxyl groups excluding tert-OH is 2. The summed E-state index contributed by atoms with van der Waals surface area (Å²) in [5.41, 5.74) is 1.83. The Hall–Kier alpha value is -2.50. The second-order valence-corrected chi connectivity index (χ2v) is 7.69. The quantitative estimate of drug-likeness (QED) is 0.578. The molecule has 0 unspecified atom stereocenters. The number of fused-ring (bicyclic) bond motifs is 1. The van der Waals surface area contributed by atoms with Gasteiger partial charge in [-0.25, -0.2) is 9.97 Å². The van der Waals surface area contributed by atoms with Crippen molar-refractivity contribution in [3.63, 3.8) is 0 Å². The molecule has 29 heavy (non-hydrogen) atoms. The lowest BCUT2D eigenvalue weighted by molar-refractivity contribution is -0.274. The van der Waals surface area contributed by atoms with E-state index in [1.165, 1.54) is 30.0 Å². The minimum Gasteiger partial charge on any atom is -0.406 e. The van der Waals surface area contributed by atoms with Gasteiger partial charge in [0.25, 0.3) is 0 Å². The number of nitrogens with zero attached hydrogens (tertiary/aromatic N) is 3. The van der Waals surface area contributed by atoms with Crippen LogP contribution in [0.15, 0.2) is 42.9 Å². The number of nitrogens with one attached hydrogen (secondary N) is 1. The fraction of sp³-hybridized carbons (Fsp3) is 0.333. The average Bonchev–Trinajstić information content (AvgIpc) is 3.23. The molecular formula is C18H17F3N4O3S. The van der Waals surface area contributed by atoms with E-state index in [1.807, 2.05) is 0 Å². The summed E-state index contributed by atoms with van der Waals surface area (Å²) in [6, 6.07) is 5.67. The Balaban J connectivity index is 1.53. The van der Waals surface area contributed by atoms with Crippen molar-refractivity contribution >= 4 is 23.2 Å². The third kappa shape index (κ3) is 4.26. The van der Waals surface area contributed by atoms with Gasteiger partial charge in [-0.05, 0) is 17.7 Å². The highest BCUT2D eigenvalue weighted by Gasteiger charge is 2.37. The normalized spacial score (nSPS) is 22.2. The van der Waals surface area contributed by atoms with Crippen molar-refractivity contribution in [1.82, 2.24) is 14.4 Å². The van der Waals surface area contributed by atoms with E-state index in [2.05, 4.69) is 20.0 Å². The molecule has 0 bridgehead atoms. The number of rotatable bonds is 5. The van der Waals surface area contributed by atoms with Crippen LogP contribution in [0.1, 0.15) is 16.5 Å². The van der Waals surface area contributed by atoms with Gasteiger partial charge in [-0.3, -0.25) is 4.40 Å². The van der Waals surface area contributed by atoms with Gasteiger partial charge < -0.3 is 20.3 Å². The Kier molecular flexibility index (Phi) is 5.28. The highest BCUT2D eigenvalue weighted by Crippen LogP contribution is 2.40. The van der Waals surface area contributed by atoms with Gasteiger partial charge in [0, 0.05) is 24.7 Å². The van der Waals surface area contributed by atoms with Gasteiger partial charge in [0.15, 0.2) is 11.5 Å². The molecule has 1 aromatic carbocycles. The Labute approximate surface area is 167 Å². The number of aliphatic hydroxyl groups is 2. The van der Waals surface area contributed by atoms with E-state index in [0.29, 0.717) is 22.8 Å². The van der Waals surface area contributed by atoms with Crippen LogP contribution in [-0.4, -0.2) is 48.9 Å². The van der Waals surface area contributed by atoms with Crippen LogP contribution in [0, 0.1) is 0 Å². The summed E-state index contributed by atoms with van der Waals surface area (Å²) in [5.74, 6) is 0.585. The van der Waals surface area contributed by atoms with E-state index >= 15 is 0 Å². The number of hydrogen-bond acceptors (Lipinski definition) is 7. The van der Waals surface area contributed by atoms with Crippen LogP contribution in [0.5, 0.6) is 5.75 Å². The lowest BCUT2D eigenvalue weighted by Gasteiger charge is -2.15. The maximum atomic E-state index is 12.4. The third-order valence-electron chi connectivity index (χ3n) is 4.49. The molecule has 1 aliphatic rings. The van der Waals surface area contributed by atoms with Gasteiger partial charge in [0.05, 0.1) is 29.3 Å². The standard InChI is InChI=1S/C18H17F3N4O3S/c19-18(20,21)28-11-3-1-2-10(6-11)7-23-16-17-24-8-12(25(17)5-4-22-16)15-14(27)13(26)9-29-15/h1-6,8,13-15,26-27H,7,9H2,(H,22,23)/t13-,14-,15+/m1/s1. The fourth-order valence-corrected chi connectivity index (χ4v) is 4.50. The zero-order chi connectivity index (χ0) is 20.6. The minimum atomic E-state index is -4.75. The number of alkyl halides is 3. The summed E-state index contributed by atoms with van der Waals surface area (Å²) in [6.07, 6.45) is -1.53. The number of hydrogen-bond donors (Lipinski definition) is 3. The fourth-order valence-electron chi connectivity index (χ4n) is 3.17. The summed E-state index contributed by atoms with van der Waals surface area (Å²) in [7, 11) is 0. The maximum Gasteiger partial charge on any atom is 0.573 e. The van der Waals surface area contributed by atoms with Gasteiger partial charge in [-0.15, -0.1) is 24.9 Å². The molecule has 1 aliphatic heterocycles. The van der Waals surface area contributed by atoms with Crippen LogP contribution in [0.25, 0.3) is 5.65 Å². The largest absolute Gasteiger partial charge is 0.573 e. The SMILES string of the molecule is O[C@@H]1[C@H](O)CS[C@H]1c1cnc2c(NCc3cccc(OC(F)(F)F)c3)nccn12. The van der Waals surface area contributed by atoms with Crippen molar-refractivity contribution < 1.29 is 28.1 Å². The molecule has 3 heterocycles. The minimum absolute atomic E-state index is 0.212. The first kappa shape index (κ1) is 19.8. The summed E-state index contributed by atoms with van der Waals surface area (Å²) in [4.78, 5) is 8.61. The molecule has 0 saturated carbocycles. The average molecular weight is 426 g/mol. The van der Waals surface area contributed by atoms with Crippen molar-refractivity contribution in [3.8, 4) is 5.75 Å². The summed E-state index contributed by atoms with van der Waals surface area (Å²) < 4.78 is 42.9. The molecule has 3 N–H and O–H groups in total. The van der Waals surface area contributed by atoms with Gasteiger partial charge in [-0.2, -0.15) is 0 Å². The molecule has 3 aromatic rings. The molecule has 154 valence electrons. The second kappa shape index (κ2) is 7.73. The van der Waals surface area contributed by atoms with Gasteiger partial charge in [-0.1, -0.05) is 12.1 Å². The van der Waals surface area contributed by atoms with Crippen molar-refractivity contribution in [2.24, 2.45) is 0 Å². The number of anilines is 1. The smallest absolute Gasteiger partial charge is 0.406 e. The Morgan fingerprint density at radius 1 is 1.28 bits per heavy atom. The zero-order valence-electron chi connectivity index (χ0n) is 14.9. The molecular weight excluding hydrogens is 409 g/mol. The maximum absolute atomic E-state index is 12.4. The first-order chi connectivity index (χ1) is 13.8.